The molecule has 7 nitrogen and oxygen atoms in total. The van der Waals surface area contributed by atoms with E-state index in [9.17, 15) is 9.59 Å². The molecular formula is C30H42N2O5. The Bertz CT molecular complexity index is 972. The van der Waals surface area contributed by atoms with Gasteiger partial charge in [-0.2, -0.15) is 0 Å². The first-order chi connectivity index (χ1) is 18.0. The van der Waals surface area contributed by atoms with Crippen LogP contribution in [0.15, 0.2) is 48.5 Å². The highest BCUT2D eigenvalue weighted by Gasteiger charge is 2.36. The van der Waals surface area contributed by atoms with E-state index in [1.54, 1.807) is 0 Å². The molecule has 1 aliphatic carbocycles. The number of esters is 1. The SMILES string of the molecule is CCOc1cc(OCC)cc(C(C)N(CCCCc2ccccc2)C(=O)NC2CCCC2C(=O)OC)c1. The standard InChI is InChI=1S/C30H42N2O5/c1-5-36-25-19-24(20-26(21-25)37-6-2)22(3)32(18-11-10-15-23-13-8-7-9-14-23)30(34)31-28-17-12-16-27(28)29(33)35-4/h7-9,13-14,19-22,27-28H,5-6,10-12,15-18H2,1-4H3,(H,31,34). The van der Waals surface area contributed by atoms with Crippen molar-refractivity contribution in [3.8, 4) is 11.5 Å². The average molecular weight is 511 g/mol. The third-order valence-electron chi connectivity index (χ3n) is 7.02. The molecule has 1 saturated carbocycles. The van der Waals surface area contributed by atoms with E-state index in [0.717, 1.165) is 55.6 Å². The van der Waals surface area contributed by atoms with Gasteiger partial charge in [0, 0.05) is 18.7 Å². The van der Waals surface area contributed by atoms with Gasteiger partial charge in [0.15, 0.2) is 0 Å². The maximum atomic E-state index is 13.7. The number of hydrogen-bond acceptors (Lipinski definition) is 5. The smallest absolute Gasteiger partial charge is 0.318 e. The van der Waals surface area contributed by atoms with Crippen molar-refractivity contribution in [1.82, 2.24) is 10.2 Å². The van der Waals surface area contributed by atoms with Crippen molar-refractivity contribution < 1.29 is 23.8 Å². The fourth-order valence-electron chi connectivity index (χ4n) is 5.05. The van der Waals surface area contributed by atoms with Gasteiger partial charge < -0.3 is 24.4 Å². The summed E-state index contributed by atoms with van der Waals surface area (Å²) in [5, 5.41) is 3.16. The maximum Gasteiger partial charge on any atom is 0.318 e. The third kappa shape index (κ3) is 8.14. The van der Waals surface area contributed by atoms with Crippen LogP contribution in [-0.4, -0.2) is 49.8 Å². The second-order valence-electron chi connectivity index (χ2n) is 9.53. The Morgan fingerprint density at radius 2 is 1.68 bits per heavy atom. The molecule has 0 aromatic heterocycles. The minimum atomic E-state index is -0.296. The van der Waals surface area contributed by atoms with Crippen molar-refractivity contribution in [3.63, 3.8) is 0 Å². The van der Waals surface area contributed by atoms with Crippen molar-refractivity contribution in [1.29, 1.82) is 0 Å². The predicted octanol–water partition coefficient (Wildman–Crippen LogP) is 5.92. The zero-order valence-electron chi connectivity index (χ0n) is 22.7. The van der Waals surface area contributed by atoms with E-state index in [4.69, 9.17) is 14.2 Å². The molecule has 3 rings (SSSR count). The Hall–Kier alpha value is -3.22. The molecular weight excluding hydrogens is 468 g/mol. The number of nitrogens with one attached hydrogen (secondary N) is 1. The number of hydrogen-bond donors (Lipinski definition) is 1. The van der Waals surface area contributed by atoms with Crippen LogP contribution < -0.4 is 14.8 Å². The zero-order chi connectivity index (χ0) is 26.6. The molecule has 1 N–H and O–H groups in total. The lowest BCUT2D eigenvalue weighted by Crippen LogP contribution is -2.48. The summed E-state index contributed by atoms with van der Waals surface area (Å²) in [6.45, 7) is 7.61. The van der Waals surface area contributed by atoms with Gasteiger partial charge in [0.25, 0.3) is 0 Å². The number of amides is 2. The monoisotopic (exact) mass is 510 g/mol. The van der Waals surface area contributed by atoms with E-state index in [1.807, 2.05) is 49.9 Å². The van der Waals surface area contributed by atoms with Crippen LogP contribution in [0.5, 0.6) is 11.5 Å². The normalized spacial score (nSPS) is 17.6. The van der Waals surface area contributed by atoms with Crippen molar-refractivity contribution in [3.05, 3.63) is 59.7 Å². The lowest BCUT2D eigenvalue weighted by molar-refractivity contribution is -0.145. The Labute approximate surface area is 221 Å². The Kier molecular flexibility index (Phi) is 11.1. The molecule has 0 spiro atoms. The Morgan fingerprint density at radius 1 is 1.00 bits per heavy atom. The van der Waals surface area contributed by atoms with Crippen molar-refractivity contribution in [2.75, 3.05) is 26.9 Å². The highest BCUT2D eigenvalue weighted by atomic mass is 16.5. The van der Waals surface area contributed by atoms with Gasteiger partial charge in [0.2, 0.25) is 0 Å². The van der Waals surface area contributed by atoms with E-state index in [1.165, 1.54) is 12.7 Å². The zero-order valence-corrected chi connectivity index (χ0v) is 22.7. The first kappa shape index (κ1) is 28.4. The molecule has 0 radical (unpaired) electrons. The molecule has 0 heterocycles. The second-order valence-corrected chi connectivity index (χ2v) is 9.53. The first-order valence-electron chi connectivity index (χ1n) is 13.6. The molecule has 2 aromatic carbocycles. The van der Waals surface area contributed by atoms with E-state index < -0.39 is 0 Å². The fraction of sp³-hybridized carbons (Fsp3) is 0.533. The summed E-state index contributed by atoms with van der Waals surface area (Å²) >= 11 is 0. The quantitative estimate of drug-likeness (QED) is 0.267. The van der Waals surface area contributed by atoms with Crippen LogP contribution in [-0.2, 0) is 16.0 Å². The molecule has 3 atom stereocenters. The average Bonchev–Trinajstić information content (AvgIpc) is 3.36. The molecule has 1 aliphatic rings. The van der Waals surface area contributed by atoms with E-state index in [-0.39, 0.29) is 30.0 Å². The molecule has 0 aliphatic heterocycles. The van der Waals surface area contributed by atoms with Crippen LogP contribution in [0, 0.1) is 5.92 Å². The van der Waals surface area contributed by atoms with Crippen LogP contribution in [0.1, 0.15) is 70.0 Å². The molecule has 2 amide bonds. The maximum absolute atomic E-state index is 13.7. The largest absolute Gasteiger partial charge is 0.494 e. The van der Waals surface area contributed by atoms with Crippen LogP contribution in [0.3, 0.4) is 0 Å². The van der Waals surface area contributed by atoms with Gasteiger partial charge in [0.1, 0.15) is 11.5 Å². The van der Waals surface area contributed by atoms with Gasteiger partial charge in [0.05, 0.1) is 32.3 Å². The molecule has 7 heteroatoms. The van der Waals surface area contributed by atoms with E-state index in [0.29, 0.717) is 19.8 Å². The molecule has 202 valence electrons. The summed E-state index contributed by atoms with van der Waals surface area (Å²) < 4.78 is 16.5. The molecule has 37 heavy (non-hydrogen) atoms. The van der Waals surface area contributed by atoms with Gasteiger partial charge in [-0.25, -0.2) is 4.79 Å². The van der Waals surface area contributed by atoms with Gasteiger partial charge in [-0.3, -0.25) is 4.79 Å². The number of methoxy groups -OCH3 is 1. The Morgan fingerprint density at radius 3 is 2.30 bits per heavy atom. The van der Waals surface area contributed by atoms with Crippen molar-refractivity contribution in [2.24, 2.45) is 5.92 Å². The molecule has 3 unspecified atom stereocenters. The molecule has 1 fully saturated rings. The number of nitrogens with zero attached hydrogens (tertiary/aromatic N) is 1. The van der Waals surface area contributed by atoms with Crippen molar-refractivity contribution >= 4 is 12.0 Å². The van der Waals surface area contributed by atoms with Gasteiger partial charge >= 0.3 is 12.0 Å². The second kappa shape index (κ2) is 14.5. The number of ether oxygens (including phenoxy) is 3. The predicted molar refractivity (Wildman–Crippen MR) is 145 cm³/mol. The number of aryl methyl sites for hydroxylation is 1. The fourth-order valence-corrected chi connectivity index (χ4v) is 5.05. The van der Waals surface area contributed by atoms with Crippen LogP contribution in [0.4, 0.5) is 4.79 Å². The molecule has 2 aromatic rings. The topological polar surface area (TPSA) is 77.1 Å². The number of benzene rings is 2. The summed E-state index contributed by atoms with van der Waals surface area (Å²) in [6, 6.07) is 15.7. The van der Waals surface area contributed by atoms with Gasteiger partial charge in [-0.15, -0.1) is 0 Å². The summed E-state index contributed by atoms with van der Waals surface area (Å²) in [7, 11) is 1.40. The highest BCUT2D eigenvalue weighted by Crippen LogP contribution is 2.31. The number of rotatable bonds is 13. The number of unbranched alkanes of at least 4 members (excludes halogenated alkanes) is 1. The molecule has 0 bridgehead atoms. The van der Waals surface area contributed by atoms with Gasteiger partial charge in [-0.05, 0) is 76.1 Å². The minimum Gasteiger partial charge on any atom is -0.494 e. The van der Waals surface area contributed by atoms with Crippen molar-refractivity contribution in [2.45, 2.75) is 71.4 Å². The number of carbonyl (C=O) groups excluding carboxylic acids is 2. The lowest BCUT2D eigenvalue weighted by atomic mass is 10.0. The van der Waals surface area contributed by atoms with E-state index >= 15 is 0 Å². The summed E-state index contributed by atoms with van der Waals surface area (Å²) in [5.74, 6) is 0.897. The number of urea groups is 1. The number of carbonyl (C=O) groups is 2. The molecule has 0 saturated heterocycles. The Balaban J connectivity index is 1.78. The van der Waals surface area contributed by atoms with Crippen LogP contribution >= 0.6 is 0 Å². The van der Waals surface area contributed by atoms with Crippen LogP contribution in [0.25, 0.3) is 0 Å². The summed E-state index contributed by atoms with van der Waals surface area (Å²) in [5.41, 5.74) is 2.24. The van der Waals surface area contributed by atoms with Gasteiger partial charge in [-0.1, -0.05) is 36.8 Å². The first-order valence-corrected chi connectivity index (χ1v) is 13.6. The lowest BCUT2D eigenvalue weighted by Gasteiger charge is -2.32. The summed E-state index contributed by atoms with van der Waals surface area (Å²) in [4.78, 5) is 27.8. The van der Waals surface area contributed by atoms with E-state index in [2.05, 4.69) is 29.6 Å². The highest BCUT2D eigenvalue weighted by molar-refractivity contribution is 5.78. The summed E-state index contributed by atoms with van der Waals surface area (Å²) in [6.07, 6.45) is 5.20. The third-order valence-corrected chi connectivity index (χ3v) is 7.02. The minimum absolute atomic E-state index is 0.159. The van der Waals surface area contributed by atoms with Crippen LogP contribution in [0.2, 0.25) is 0 Å².